The number of allylic oxidation sites excluding steroid dienone is 2. The van der Waals surface area contributed by atoms with Gasteiger partial charge in [0, 0.05) is 29.8 Å². The number of aliphatic imine (C=N–C) groups is 1. The van der Waals surface area contributed by atoms with Gasteiger partial charge in [-0.05, 0) is 31.5 Å². The maximum atomic E-state index is 13.2. The Balaban J connectivity index is 2.65. The van der Waals surface area contributed by atoms with E-state index in [1.807, 2.05) is 20.8 Å². The van der Waals surface area contributed by atoms with Gasteiger partial charge in [0.15, 0.2) is 0 Å². The Kier molecular flexibility index (Phi) is 8.72. The van der Waals surface area contributed by atoms with Crippen molar-refractivity contribution in [3.05, 3.63) is 59.8 Å². The molecule has 5 nitrogen and oxygen atoms in total. The third-order valence-electron chi connectivity index (χ3n) is 3.96. The average Bonchev–Trinajstić information content (AvgIpc) is 2.59. The molecular formula is C20H27FN2O3. The van der Waals surface area contributed by atoms with E-state index in [0.29, 0.717) is 11.4 Å². The van der Waals surface area contributed by atoms with Crippen LogP contribution in [0.4, 0.5) is 4.39 Å². The molecule has 0 aromatic heterocycles. The fraction of sp³-hybridized carbons (Fsp3) is 0.400. The van der Waals surface area contributed by atoms with Gasteiger partial charge in [-0.2, -0.15) is 0 Å². The van der Waals surface area contributed by atoms with Crippen LogP contribution in [-0.4, -0.2) is 29.9 Å². The van der Waals surface area contributed by atoms with E-state index in [0.717, 1.165) is 0 Å². The molecule has 0 fully saturated rings. The number of aliphatic hydroxyl groups is 1. The Morgan fingerprint density at radius 2 is 2.19 bits per heavy atom. The highest BCUT2D eigenvalue weighted by Crippen LogP contribution is 2.18. The number of rotatable bonds is 9. The minimum atomic E-state index is -0.412. The summed E-state index contributed by atoms with van der Waals surface area (Å²) in [4.78, 5) is 16.0. The van der Waals surface area contributed by atoms with Crippen LogP contribution in [0, 0.1) is 11.2 Å². The van der Waals surface area contributed by atoms with E-state index < -0.39 is 5.41 Å². The lowest BCUT2D eigenvalue weighted by Crippen LogP contribution is -2.44. The van der Waals surface area contributed by atoms with Crippen LogP contribution in [-0.2, 0) is 16.1 Å². The summed E-state index contributed by atoms with van der Waals surface area (Å²) in [6.45, 7) is 7.47. The number of ether oxygens (including phenoxy) is 1. The van der Waals surface area contributed by atoms with Gasteiger partial charge in [-0.25, -0.2) is 9.38 Å². The molecule has 0 bridgehead atoms. The van der Waals surface area contributed by atoms with E-state index in [4.69, 9.17) is 4.74 Å². The molecule has 0 spiro atoms. The van der Waals surface area contributed by atoms with Crippen molar-refractivity contribution in [3.8, 4) is 0 Å². The van der Waals surface area contributed by atoms with Gasteiger partial charge in [0.05, 0.1) is 6.61 Å². The fourth-order valence-electron chi connectivity index (χ4n) is 1.85. The third-order valence-corrected chi connectivity index (χ3v) is 3.96. The average molecular weight is 362 g/mol. The number of carbonyl (C=O) groups is 1. The predicted octanol–water partition coefficient (Wildman–Crippen LogP) is 3.35. The molecule has 1 atom stereocenters. The van der Waals surface area contributed by atoms with Crippen molar-refractivity contribution < 1.29 is 19.0 Å². The van der Waals surface area contributed by atoms with Crippen molar-refractivity contribution >= 4 is 12.1 Å². The molecule has 0 saturated carbocycles. The smallest absolute Gasteiger partial charge is 0.244 e. The quantitative estimate of drug-likeness (QED) is 0.306. The van der Waals surface area contributed by atoms with Gasteiger partial charge >= 0.3 is 0 Å². The van der Waals surface area contributed by atoms with Crippen molar-refractivity contribution in [2.75, 3.05) is 6.61 Å². The van der Waals surface area contributed by atoms with Gasteiger partial charge in [-0.3, -0.25) is 4.79 Å². The van der Waals surface area contributed by atoms with Crippen molar-refractivity contribution in [2.24, 2.45) is 10.4 Å². The molecule has 0 aliphatic carbocycles. The first kappa shape index (κ1) is 21.6. The molecule has 6 heteroatoms. The van der Waals surface area contributed by atoms with Gasteiger partial charge in [0.1, 0.15) is 12.4 Å². The molecule has 1 aromatic carbocycles. The van der Waals surface area contributed by atoms with Crippen LogP contribution in [0.15, 0.2) is 53.4 Å². The number of hydrogen-bond donors (Lipinski definition) is 2. The Morgan fingerprint density at radius 1 is 1.46 bits per heavy atom. The Hall–Kier alpha value is -2.47. The lowest BCUT2D eigenvalue weighted by Gasteiger charge is -2.29. The lowest BCUT2D eigenvalue weighted by atomic mass is 9.86. The molecule has 1 amide bonds. The zero-order valence-corrected chi connectivity index (χ0v) is 15.7. The number of benzene rings is 1. The molecule has 1 rings (SSSR count). The van der Waals surface area contributed by atoms with Crippen LogP contribution in [0.2, 0.25) is 0 Å². The number of aliphatic hydroxyl groups excluding tert-OH is 1. The summed E-state index contributed by atoms with van der Waals surface area (Å²) in [7, 11) is 0. The highest BCUT2D eigenvalue weighted by Gasteiger charge is 2.25. The molecule has 0 aliphatic heterocycles. The van der Waals surface area contributed by atoms with E-state index >= 15 is 0 Å². The van der Waals surface area contributed by atoms with E-state index in [1.165, 1.54) is 24.3 Å². The van der Waals surface area contributed by atoms with Crippen LogP contribution in [0.3, 0.4) is 0 Å². The van der Waals surface area contributed by atoms with Crippen LogP contribution in [0.5, 0.6) is 0 Å². The maximum Gasteiger partial charge on any atom is 0.244 e. The molecule has 1 unspecified atom stereocenters. The SMILES string of the molecule is C\C=N/C(=C\C=C\C(=O)NC(C)C(C)(C)CO)OCc1cccc(F)c1. The second-order valence-corrected chi connectivity index (χ2v) is 6.55. The Bertz CT molecular complexity index is 681. The first-order valence-electron chi connectivity index (χ1n) is 8.44. The lowest BCUT2D eigenvalue weighted by molar-refractivity contribution is -0.118. The highest BCUT2D eigenvalue weighted by molar-refractivity contribution is 5.88. The Morgan fingerprint density at radius 3 is 2.81 bits per heavy atom. The number of nitrogens with one attached hydrogen (secondary N) is 1. The molecule has 2 N–H and O–H groups in total. The first-order valence-corrected chi connectivity index (χ1v) is 8.44. The van der Waals surface area contributed by atoms with Crippen LogP contribution >= 0.6 is 0 Å². The zero-order valence-electron chi connectivity index (χ0n) is 15.7. The second kappa shape index (κ2) is 10.5. The van der Waals surface area contributed by atoms with Gasteiger partial charge in [-0.15, -0.1) is 0 Å². The molecule has 0 heterocycles. The summed E-state index contributed by atoms with van der Waals surface area (Å²) >= 11 is 0. The standard InChI is InChI=1S/C20H27FN2O3/c1-5-22-19(26-13-16-8-6-9-17(21)12-16)11-7-10-18(25)23-15(2)20(3,4)14-24/h5-12,15,24H,13-14H2,1-4H3,(H,23,25)/b10-7+,19-11+,22-5-. The number of halogens is 1. The highest BCUT2D eigenvalue weighted by atomic mass is 19.1. The fourth-order valence-corrected chi connectivity index (χ4v) is 1.85. The summed E-state index contributed by atoms with van der Waals surface area (Å²) in [5, 5.41) is 12.1. The van der Waals surface area contributed by atoms with Crippen molar-refractivity contribution in [1.29, 1.82) is 0 Å². The molecule has 26 heavy (non-hydrogen) atoms. The van der Waals surface area contributed by atoms with Gasteiger partial charge in [0.25, 0.3) is 0 Å². The van der Waals surface area contributed by atoms with Gasteiger partial charge in [-0.1, -0.05) is 32.1 Å². The molecule has 0 radical (unpaired) electrons. The maximum absolute atomic E-state index is 13.2. The summed E-state index contributed by atoms with van der Waals surface area (Å²) in [5.74, 6) is -0.295. The molecule has 0 aliphatic rings. The Labute approximate surface area is 154 Å². The minimum Gasteiger partial charge on any atom is -0.473 e. The van der Waals surface area contributed by atoms with E-state index in [1.54, 1.807) is 31.3 Å². The number of nitrogens with zero attached hydrogens (tertiary/aromatic N) is 1. The van der Waals surface area contributed by atoms with Crippen molar-refractivity contribution in [1.82, 2.24) is 5.32 Å². The third kappa shape index (κ3) is 7.61. The van der Waals surface area contributed by atoms with E-state index in [-0.39, 0.29) is 31.0 Å². The van der Waals surface area contributed by atoms with E-state index in [9.17, 15) is 14.3 Å². The predicted molar refractivity (Wildman–Crippen MR) is 101 cm³/mol. The number of carbonyl (C=O) groups excluding carboxylic acids is 1. The number of amides is 1. The van der Waals surface area contributed by atoms with Crippen LogP contribution in [0.1, 0.15) is 33.3 Å². The van der Waals surface area contributed by atoms with Gasteiger partial charge in [0.2, 0.25) is 11.8 Å². The van der Waals surface area contributed by atoms with Gasteiger partial charge < -0.3 is 15.2 Å². The minimum absolute atomic E-state index is 0.0264. The van der Waals surface area contributed by atoms with Crippen molar-refractivity contribution in [3.63, 3.8) is 0 Å². The molecule has 142 valence electrons. The summed E-state index contributed by atoms with van der Waals surface area (Å²) in [6.07, 6.45) is 6.01. The second-order valence-electron chi connectivity index (χ2n) is 6.55. The first-order chi connectivity index (χ1) is 12.3. The van der Waals surface area contributed by atoms with E-state index in [2.05, 4.69) is 10.3 Å². The normalized spacial score (nSPS) is 14.0. The molecular weight excluding hydrogens is 335 g/mol. The summed E-state index contributed by atoms with van der Waals surface area (Å²) < 4.78 is 18.7. The van der Waals surface area contributed by atoms with Crippen LogP contribution < -0.4 is 5.32 Å². The topological polar surface area (TPSA) is 70.9 Å². The van der Waals surface area contributed by atoms with Crippen LogP contribution in [0.25, 0.3) is 0 Å². The summed E-state index contributed by atoms with van der Waals surface area (Å²) in [6, 6.07) is 5.93. The largest absolute Gasteiger partial charge is 0.473 e. The van der Waals surface area contributed by atoms with Crippen molar-refractivity contribution in [2.45, 2.75) is 40.3 Å². The monoisotopic (exact) mass is 362 g/mol. The molecule has 1 aromatic rings. The number of hydrogen-bond acceptors (Lipinski definition) is 4. The zero-order chi connectivity index (χ0) is 19.6. The molecule has 0 saturated heterocycles. The summed E-state index contributed by atoms with van der Waals surface area (Å²) in [5.41, 5.74) is 0.273.